The van der Waals surface area contributed by atoms with Crippen molar-refractivity contribution >= 4 is 29.0 Å². The van der Waals surface area contributed by atoms with Crippen molar-refractivity contribution in [3.63, 3.8) is 0 Å². The molecule has 11 heteroatoms. The van der Waals surface area contributed by atoms with Gasteiger partial charge in [0, 0.05) is 6.07 Å². The third-order valence-electron chi connectivity index (χ3n) is 4.12. The van der Waals surface area contributed by atoms with E-state index in [1.165, 1.54) is 6.07 Å². The van der Waals surface area contributed by atoms with Crippen molar-refractivity contribution in [2.24, 2.45) is 0 Å². The van der Waals surface area contributed by atoms with Gasteiger partial charge in [0.25, 0.3) is 16.8 Å². The van der Waals surface area contributed by atoms with Crippen LogP contribution in [0.5, 0.6) is 11.5 Å². The summed E-state index contributed by atoms with van der Waals surface area (Å²) in [5, 5.41) is 21.8. The van der Waals surface area contributed by atoms with Crippen molar-refractivity contribution in [2.75, 3.05) is 18.2 Å². The Morgan fingerprint density at radius 3 is 2.58 bits per heavy atom. The first kappa shape index (κ1) is 22.1. The van der Waals surface area contributed by atoms with Crippen LogP contribution in [0.25, 0.3) is 0 Å². The van der Waals surface area contributed by atoms with E-state index in [-0.39, 0.29) is 34.8 Å². The Bertz CT molecular complexity index is 1080. The zero-order valence-corrected chi connectivity index (χ0v) is 17.9. The highest BCUT2D eigenvalue weighted by atomic mass is 32.2. The first-order valence-corrected chi connectivity index (χ1v) is 10.1. The monoisotopic (exact) mass is 444 g/mol. The molecule has 0 bridgehead atoms. The number of anilines is 1. The van der Waals surface area contributed by atoms with Crippen LogP contribution in [-0.2, 0) is 11.4 Å². The van der Waals surface area contributed by atoms with Crippen LogP contribution in [0.1, 0.15) is 17.0 Å². The summed E-state index contributed by atoms with van der Waals surface area (Å²) in [6.07, 6.45) is 0. The molecule has 1 amide bonds. The number of nitrogens with zero attached hydrogens (tertiary/aromatic N) is 3. The lowest BCUT2D eigenvalue weighted by atomic mass is 10.1. The lowest BCUT2D eigenvalue weighted by molar-refractivity contribution is -0.384. The molecule has 10 nitrogen and oxygen atoms in total. The number of carbonyl (C=O) groups is 1. The summed E-state index contributed by atoms with van der Waals surface area (Å²) in [6.45, 7) is 3.53. The second-order valence-electron chi connectivity index (χ2n) is 6.50. The fraction of sp³-hybridized carbons (Fsp3) is 0.250. The topological polar surface area (TPSA) is 130 Å². The van der Waals surface area contributed by atoms with Gasteiger partial charge >= 0.3 is 0 Å². The molecular weight excluding hydrogens is 424 g/mol. The quantitative estimate of drug-likeness (QED) is 0.296. The summed E-state index contributed by atoms with van der Waals surface area (Å²) in [5.74, 6) is 1.11. The fourth-order valence-electron chi connectivity index (χ4n) is 2.73. The van der Waals surface area contributed by atoms with Crippen LogP contribution in [0, 0.1) is 24.0 Å². The van der Waals surface area contributed by atoms with E-state index < -0.39 is 10.8 Å². The van der Waals surface area contributed by atoms with Gasteiger partial charge in [0.1, 0.15) is 17.2 Å². The molecule has 2 aromatic carbocycles. The van der Waals surface area contributed by atoms with Gasteiger partial charge in [-0.1, -0.05) is 17.8 Å². The van der Waals surface area contributed by atoms with Gasteiger partial charge in [-0.25, -0.2) is 0 Å². The Morgan fingerprint density at radius 1 is 1.19 bits per heavy atom. The number of thioether (sulfide) groups is 1. The molecular formula is C20H20N4O6S. The predicted octanol–water partition coefficient (Wildman–Crippen LogP) is 3.91. The van der Waals surface area contributed by atoms with E-state index in [0.717, 1.165) is 17.3 Å². The zero-order valence-electron chi connectivity index (χ0n) is 17.1. The van der Waals surface area contributed by atoms with Gasteiger partial charge in [-0.3, -0.25) is 14.9 Å². The second-order valence-corrected chi connectivity index (χ2v) is 7.42. The Balaban J connectivity index is 1.53. The molecule has 0 aliphatic rings. The Morgan fingerprint density at radius 2 is 1.90 bits per heavy atom. The molecule has 162 valence electrons. The number of hydrogen-bond acceptors (Lipinski definition) is 9. The number of nitro benzene ring substituents is 1. The van der Waals surface area contributed by atoms with Crippen molar-refractivity contribution in [1.29, 1.82) is 0 Å². The molecule has 0 spiro atoms. The van der Waals surface area contributed by atoms with E-state index in [9.17, 15) is 14.9 Å². The minimum Gasteiger partial charge on any atom is -0.497 e. The first-order chi connectivity index (χ1) is 14.9. The Labute approximate surface area is 182 Å². The van der Waals surface area contributed by atoms with Crippen LogP contribution in [0.3, 0.4) is 0 Å². The number of nitrogens with one attached hydrogen (secondary N) is 1. The van der Waals surface area contributed by atoms with Crippen molar-refractivity contribution in [3.05, 3.63) is 63.5 Å². The zero-order chi connectivity index (χ0) is 22.4. The standard InChI is InChI=1S/C20H20N4O6S/c1-12-8-13(2)19(16(9-12)24(26)27)21-17(25)11-31-20-23-22-18(30-20)10-29-15-6-4-14(28-3)5-7-15/h4-9H,10-11H2,1-3H3,(H,21,25). The van der Waals surface area contributed by atoms with Gasteiger partial charge in [-0.15, -0.1) is 10.2 Å². The number of amides is 1. The fourth-order valence-corrected chi connectivity index (χ4v) is 3.31. The number of aryl methyl sites for hydroxylation is 2. The molecule has 0 atom stereocenters. The van der Waals surface area contributed by atoms with E-state index in [1.807, 2.05) is 0 Å². The highest BCUT2D eigenvalue weighted by molar-refractivity contribution is 7.99. The molecule has 0 radical (unpaired) electrons. The van der Waals surface area contributed by atoms with Crippen LogP contribution < -0.4 is 14.8 Å². The van der Waals surface area contributed by atoms with Gasteiger partial charge in [-0.05, 0) is 49.2 Å². The number of ether oxygens (including phenoxy) is 2. The molecule has 0 saturated heterocycles. The van der Waals surface area contributed by atoms with Gasteiger partial charge in [0.15, 0.2) is 6.61 Å². The van der Waals surface area contributed by atoms with E-state index >= 15 is 0 Å². The van der Waals surface area contributed by atoms with Gasteiger partial charge < -0.3 is 19.2 Å². The van der Waals surface area contributed by atoms with Gasteiger partial charge in [0.2, 0.25) is 5.91 Å². The van der Waals surface area contributed by atoms with Gasteiger partial charge in [-0.2, -0.15) is 0 Å². The van der Waals surface area contributed by atoms with E-state index in [0.29, 0.717) is 17.1 Å². The molecule has 1 N–H and O–H groups in total. The molecule has 0 saturated carbocycles. The third kappa shape index (κ3) is 5.95. The number of carbonyl (C=O) groups excluding carboxylic acids is 1. The number of nitro groups is 1. The number of aromatic nitrogens is 2. The molecule has 0 aliphatic heterocycles. The summed E-state index contributed by atoms with van der Waals surface area (Å²) >= 11 is 1.02. The van der Waals surface area contributed by atoms with Crippen LogP contribution in [0.4, 0.5) is 11.4 Å². The van der Waals surface area contributed by atoms with Crippen LogP contribution in [0.2, 0.25) is 0 Å². The molecule has 1 heterocycles. The summed E-state index contributed by atoms with van der Waals surface area (Å²) in [5.41, 5.74) is 1.39. The molecule has 0 unspecified atom stereocenters. The lowest BCUT2D eigenvalue weighted by Gasteiger charge is -2.09. The maximum absolute atomic E-state index is 12.3. The van der Waals surface area contributed by atoms with E-state index in [2.05, 4.69) is 15.5 Å². The van der Waals surface area contributed by atoms with E-state index in [1.54, 1.807) is 51.3 Å². The van der Waals surface area contributed by atoms with Gasteiger partial charge in [0.05, 0.1) is 17.8 Å². The third-order valence-corrected chi connectivity index (χ3v) is 4.94. The normalized spacial score (nSPS) is 10.5. The number of benzene rings is 2. The molecule has 0 aliphatic carbocycles. The van der Waals surface area contributed by atoms with E-state index in [4.69, 9.17) is 13.9 Å². The summed E-state index contributed by atoms with van der Waals surface area (Å²) in [7, 11) is 1.58. The average Bonchev–Trinajstić information content (AvgIpc) is 3.20. The maximum atomic E-state index is 12.3. The van der Waals surface area contributed by atoms with Crippen LogP contribution in [0.15, 0.2) is 46.0 Å². The molecule has 1 aromatic heterocycles. The lowest BCUT2D eigenvalue weighted by Crippen LogP contribution is -2.16. The largest absolute Gasteiger partial charge is 0.497 e. The molecule has 3 aromatic rings. The molecule has 0 fully saturated rings. The van der Waals surface area contributed by atoms with Crippen molar-refractivity contribution in [2.45, 2.75) is 25.7 Å². The first-order valence-electron chi connectivity index (χ1n) is 9.13. The molecule has 31 heavy (non-hydrogen) atoms. The summed E-state index contributed by atoms with van der Waals surface area (Å²) < 4.78 is 16.1. The average molecular weight is 444 g/mol. The number of hydrogen-bond donors (Lipinski definition) is 1. The summed E-state index contributed by atoms with van der Waals surface area (Å²) in [6, 6.07) is 10.2. The number of methoxy groups -OCH3 is 1. The highest BCUT2D eigenvalue weighted by Crippen LogP contribution is 2.30. The second kappa shape index (κ2) is 9.94. The van der Waals surface area contributed by atoms with Crippen molar-refractivity contribution in [3.8, 4) is 11.5 Å². The summed E-state index contributed by atoms with van der Waals surface area (Å²) in [4.78, 5) is 23.1. The Hall–Kier alpha value is -3.60. The minimum absolute atomic E-state index is 0.0502. The Kier molecular flexibility index (Phi) is 7.08. The smallest absolute Gasteiger partial charge is 0.293 e. The maximum Gasteiger partial charge on any atom is 0.293 e. The number of rotatable bonds is 9. The SMILES string of the molecule is COc1ccc(OCc2nnc(SCC(=O)Nc3c(C)cc(C)cc3[N+](=O)[O-])o2)cc1. The van der Waals surface area contributed by atoms with Crippen molar-refractivity contribution < 1.29 is 23.6 Å². The highest BCUT2D eigenvalue weighted by Gasteiger charge is 2.19. The minimum atomic E-state index is -0.518. The van der Waals surface area contributed by atoms with Crippen LogP contribution >= 0.6 is 11.8 Å². The predicted molar refractivity (Wildman–Crippen MR) is 114 cm³/mol. The van der Waals surface area contributed by atoms with Crippen molar-refractivity contribution in [1.82, 2.24) is 10.2 Å². The van der Waals surface area contributed by atoms with Crippen LogP contribution in [-0.4, -0.2) is 33.9 Å². The molecule has 3 rings (SSSR count).